The lowest BCUT2D eigenvalue weighted by atomic mass is 10.3. The zero-order chi connectivity index (χ0) is 21.4. The van der Waals surface area contributed by atoms with Gasteiger partial charge in [0.15, 0.2) is 5.16 Å². The third-order valence-corrected chi connectivity index (χ3v) is 6.71. The van der Waals surface area contributed by atoms with Crippen molar-refractivity contribution in [1.82, 2.24) is 19.2 Å². The zero-order valence-electron chi connectivity index (χ0n) is 15.8. The SMILES string of the molecule is O=C(CSc1nnc2n(Cc3ccco3)c(=O)c3sccc3n12)Nc1ccccc1Cl. The van der Waals surface area contributed by atoms with Crippen molar-refractivity contribution >= 4 is 62.3 Å². The van der Waals surface area contributed by atoms with Crippen molar-refractivity contribution in [1.29, 1.82) is 0 Å². The summed E-state index contributed by atoms with van der Waals surface area (Å²) in [6.07, 6.45) is 1.56. The summed E-state index contributed by atoms with van der Waals surface area (Å²) in [4.78, 5) is 25.4. The van der Waals surface area contributed by atoms with Crippen LogP contribution in [0.2, 0.25) is 5.02 Å². The van der Waals surface area contributed by atoms with Crippen molar-refractivity contribution in [3.05, 3.63) is 75.2 Å². The first-order chi connectivity index (χ1) is 15.1. The molecule has 1 N–H and O–H groups in total. The fraction of sp³-hybridized carbons (Fsp3) is 0.100. The number of carbonyl (C=O) groups is 1. The molecule has 0 radical (unpaired) electrons. The van der Waals surface area contributed by atoms with Gasteiger partial charge in [0.05, 0.1) is 34.8 Å². The predicted octanol–water partition coefficient (Wildman–Crippen LogP) is 4.13. The molecule has 5 aromatic rings. The van der Waals surface area contributed by atoms with Crippen molar-refractivity contribution in [3.63, 3.8) is 0 Å². The van der Waals surface area contributed by atoms with Gasteiger partial charge in [-0.15, -0.1) is 21.5 Å². The van der Waals surface area contributed by atoms with Crippen molar-refractivity contribution in [2.75, 3.05) is 11.1 Å². The number of nitrogens with zero attached hydrogens (tertiary/aromatic N) is 4. The van der Waals surface area contributed by atoms with Crippen molar-refractivity contribution in [2.24, 2.45) is 0 Å². The van der Waals surface area contributed by atoms with Crippen LogP contribution >= 0.6 is 34.7 Å². The molecule has 4 aromatic heterocycles. The number of aromatic nitrogens is 4. The van der Waals surface area contributed by atoms with Gasteiger partial charge in [-0.05, 0) is 35.7 Å². The van der Waals surface area contributed by atoms with E-state index in [9.17, 15) is 9.59 Å². The van der Waals surface area contributed by atoms with Gasteiger partial charge < -0.3 is 9.73 Å². The van der Waals surface area contributed by atoms with E-state index in [0.29, 0.717) is 37.6 Å². The first-order valence-electron chi connectivity index (χ1n) is 9.16. The molecule has 156 valence electrons. The summed E-state index contributed by atoms with van der Waals surface area (Å²) in [7, 11) is 0. The van der Waals surface area contributed by atoms with E-state index in [-0.39, 0.29) is 23.8 Å². The van der Waals surface area contributed by atoms with Crippen LogP contribution < -0.4 is 10.9 Å². The molecular formula is C20H14ClN5O3S2. The molecule has 5 rings (SSSR count). The van der Waals surface area contributed by atoms with Gasteiger partial charge in [0.25, 0.3) is 5.56 Å². The average Bonchev–Trinajstić information content (AvgIpc) is 3.51. The number of furan rings is 1. The van der Waals surface area contributed by atoms with Gasteiger partial charge in [-0.25, -0.2) is 0 Å². The number of carbonyl (C=O) groups excluding carboxylic acids is 1. The quantitative estimate of drug-likeness (QED) is 0.374. The highest BCUT2D eigenvalue weighted by Crippen LogP contribution is 2.25. The summed E-state index contributed by atoms with van der Waals surface area (Å²) in [6, 6.07) is 12.5. The number of hydrogen-bond acceptors (Lipinski definition) is 7. The first-order valence-corrected chi connectivity index (χ1v) is 11.4. The lowest BCUT2D eigenvalue weighted by Gasteiger charge is -2.08. The standard InChI is InChI=1S/C20H14ClN5O3S2/c21-13-5-1-2-6-14(13)22-16(27)11-31-20-24-23-19-25(10-12-4-3-8-29-12)18(28)17-15(26(19)20)7-9-30-17/h1-9H,10-11H2,(H,22,27). The Labute approximate surface area is 188 Å². The summed E-state index contributed by atoms with van der Waals surface area (Å²) in [5.74, 6) is 0.910. The number of hydrogen-bond donors (Lipinski definition) is 1. The Morgan fingerprint density at radius 3 is 2.87 bits per heavy atom. The first kappa shape index (κ1) is 19.9. The van der Waals surface area contributed by atoms with Gasteiger partial charge >= 0.3 is 0 Å². The number of rotatable bonds is 6. The Bertz CT molecular complexity index is 1460. The summed E-state index contributed by atoms with van der Waals surface area (Å²) >= 11 is 8.69. The maximum Gasteiger partial charge on any atom is 0.273 e. The van der Waals surface area contributed by atoms with Crippen LogP contribution in [0.15, 0.2) is 68.5 Å². The van der Waals surface area contributed by atoms with Gasteiger partial charge in [0.2, 0.25) is 11.7 Å². The maximum atomic E-state index is 13.0. The van der Waals surface area contributed by atoms with E-state index in [1.54, 1.807) is 47.1 Å². The average molecular weight is 472 g/mol. The number of anilines is 1. The summed E-state index contributed by atoms with van der Waals surface area (Å²) in [5, 5.41) is 14.1. The van der Waals surface area contributed by atoms with E-state index in [4.69, 9.17) is 16.0 Å². The molecule has 0 spiro atoms. The summed E-state index contributed by atoms with van der Waals surface area (Å²) in [6.45, 7) is 0.235. The molecule has 1 aromatic carbocycles. The Morgan fingerprint density at radius 2 is 2.06 bits per heavy atom. The fourth-order valence-corrected chi connectivity index (χ4v) is 4.92. The second kappa shape index (κ2) is 8.22. The normalized spacial score (nSPS) is 11.4. The maximum absolute atomic E-state index is 13.0. The van der Waals surface area contributed by atoms with Crippen LogP contribution in [0, 0.1) is 0 Å². The molecule has 0 bridgehead atoms. The van der Waals surface area contributed by atoms with E-state index < -0.39 is 0 Å². The van der Waals surface area contributed by atoms with Crippen molar-refractivity contribution in [2.45, 2.75) is 11.7 Å². The van der Waals surface area contributed by atoms with Gasteiger partial charge in [-0.2, -0.15) is 0 Å². The number of amides is 1. The lowest BCUT2D eigenvalue weighted by Crippen LogP contribution is -2.23. The largest absolute Gasteiger partial charge is 0.467 e. The third-order valence-electron chi connectivity index (χ3n) is 4.56. The van der Waals surface area contributed by atoms with Crippen LogP contribution in [-0.4, -0.2) is 30.8 Å². The van der Waals surface area contributed by atoms with Gasteiger partial charge in [-0.3, -0.25) is 18.6 Å². The van der Waals surface area contributed by atoms with Gasteiger partial charge in [0, 0.05) is 0 Å². The number of para-hydroxylation sites is 1. The van der Waals surface area contributed by atoms with E-state index in [1.807, 2.05) is 11.4 Å². The second-order valence-corrected chi connectivity index (χ2v) is 8.81. The molecule has 0 saturated heterocycles. The van der Waals surface area contributed by atoms with Crippen LogP contribution in [0.25, 0.3) is 16.0 Å². The monoisotopic (exact) mass is 471 g/mol. The Balaban J connectivity index is 1.47. The smallest absolute Gasteiger partial charge is 0.273 e. The minimum atomic E-state index is -0.222. The molecule has 8 nitrogen and oxygen atoms in total. The molecule has 31 heavy (non-hydrogen) atoms. The van der Waals surface area contributed by atoms with Crippen LogP contribution in [0.4, 0.5) is 5.69 Å². The molecule has 0 aliphatic carbocycles. The molecule has 0 fully saturated rings. The van der Waals surface area contributed by atoms with E-state index in [1.165, 1.54) is 27.7 Å². The van der Waals surface area contributed by atoms with Gasteiger partial charge in [0.1, 0.15) is 10.5 Å². The molecule has 11 heteroatoms. The molecule has 1 amide bonds. The molecule has 0 atom stereocenters. The number of thioether (sulfide) groups is 1. The highest BCUT2D eigenvalue weighted by molar-refractivity contribution is 7.99. The van der Waals surface area contributed by atoms with Crippen LogP contribution in [0.5, 0.6) is 0 Å². The van der Waals surface area contributed by atoms with Crippen molar-refractivity contribution in [3.8, 4) is 0 Å². The van der Waals surface area contributed by atoms with E-state index >= 15 is 0 Å². The summed E-state index contributed by atoms with van der Waals surface area (Å²) in [5.41, 5.74) is 1.10. The highest BCUT2D eigenvalue weighted by atomic mass is 35.5. The zero-order valence-corrected chi connectivity index (χ0v) is 18.2. The van der Waals surface area contributed by atoms with Crippen molar-refractivity contribution < 1.29 is 9.21 Å². The minimum absolute atomic E-state index is 0.106. The molecular weight excluding hydrogens is 458 g/mol. The number of benzene rings is 1. The summed E-state index contributed by atoms with van der Waals surface area (Å²) < 4.78 is 9.31. The number of fused-ring (bicyclic) bond motifs is 3. The predicted molar refractivity (Wildman–Crippen MR) is 121 cm³/mol. The molecule has 0 unspecified atom stereocenters. The topological polar surface area (TPSA) is 94.4 Å². The number of halogens is 1. The van der Waals surface area contributed by atoms with Gasteiger partial charge in [-0.1, -0.05) is 35.5 Å². The van der Waals surface area contributed by atoms with Crippen LogP contribution in [0.3, 0.4) is 0 Å². The second-order valence-electron chi connectivity index (χ2n) is 6.54. The molecule has 4 heterocycles. The van der Waals surface area contributed by atoms with Crippen LogP contribution in [0.1, 0.15) is 5.76 Å². The third kappa shape index (κ3) is 3.73. The van der Waals surface area contributed by atoms with E-state index in [0.717, 1.165) is 0 Å². The molecule has 0 aliphatic rings. The number of nitrogens with one attached hydrogen (secondary N) is 1. The Morgan fingerprint density at radius 1 is 1.19 bits per heavy atom. The van der Waals surface area contributed by atoms with E-state index in [2.05, 4.69) is 15.5 Å². The highest BCUT2D eigenvalue weighted by Gasteiger charge is 2.19. The Hall–Kier alpha value is -3.08. The Kier molecular flexibility index (Phi) is 5.26. The van der Waals surface area contributed by atoms with Crippen LogP contribution in [-0.2, 0) is 11.3 Å². The fourth-order valence-electron chi connectivity index (χ4n) is 3.17. The minimum Gasteiger partial charge on any atom is -0.467 e. The lowest BCUT2D eigenvalue weighted by molar-refractivity contribution is -0.113. The molecule has 0 saturated carbocycles. The molecule has 0 aliphatic heterocycles. The number of thiophene rings is 1.